The molecule has 0 aromatic rings. The van der Waals surface area contributed by atoms with Crippen LogP contribution in [0.2, 0.25) is 0 Å². The second-order valence-electron chi connectivity index (χ2n) is 5.28. The van der Waals surface area contributed by atoms with E-state index in [1.807, 2.05) is 0 Å². The van der Waals surface area contributed by atoms with E-state index in [9.17, 15) is 0 Å². The van der Waals surface area contributed by atoms with Gasteiger partial charge in [0.25, 0.3) is 0 Å². The number of nitrogens with one attached hydrogen (secondary N) is 1. The van der Waals surface area contributed by atoms with Crippen molar-refractivity contribution in [1.82, 2.24) is 15.1 Å². The van der Waals surface area contributed by atoms with Gasteiger partial charge in [0.05, 0.1) is 0 Å². The molecular formula is C13H27N3. The Labute approximate surface area is 100 Å². The zero-order valence-electron chi connectivity index (χ0n) is 10.7. The van der Waals surface area contributed by atoms with E-state index in [2.05, 4.69) is 22.0 Å². The molecule has 2 aliphatic heterocycles. The number of hydrogen-bond acceptors (Lipinski definition) is 3. The van der Waals surface area contributed by atoms with Crippen LogP contribution in [0.5, 0.6) is 0 Å². The number of likely N-dealkylation sites (N-methyl/N-ethyl adjacent to an activating group) is 1. The summed E-state index contributed by atoms with van der Waals surface area (Å²) in [7, 11) is 0. The summed E-state index contributed by atoms with van der Waals surface area (Å²) in [4.78, 5) is 5.21. The predicted molar refractivity (Wildman–Crippen MR) is 68.8 cm³/mol. The molecule has 0 saturated carbocycles. The molecule has 2 saturated heterocycles. The van der Waals surface area contributed by atoms with Gasteiger partial charge in [0.1, 0.15) is 0 Å². The van der Waals surface area contributed by atoms with Crippen molar-refractivity contribution in [3.05, 3.63) is 0 Å². The molecule has 16 heavy (non-hydrogen) atoms. The molecule has 1 N–H and O–H groups in total. The number of hydrogen-bond donors (Lipinski definition) is 1. The number of piperazine rings is 1. The highest BCUT2D eigenvalue weighted by Gasteiger charge is 2.18. The molecule has 0 amide bonds. The Balaban J connectivity index is 1.59. The summed E-state index contributed by atoms with van der Waals surface area (Å²) in [6.07, 6.45) is 4.23. The molecule has 0 spiro atoms. The molecule has 1 atom stereocenters. The van der Waals surface area contributed by atoms with E-state index in [4.69, 9.17) is 0 Å². The molecular weight excluding hydrogens is 198 g/mol. The SMILES string of the molecule is CCN1CCN(CC[C@@H]2CCCNC2)CC1. The van der Waals surface area contributed by atoms with E-state index in [-0.39, 0.29) is 0 Å². The van der Waals surface area contributed by atoms with Gasteiger partial charge in [-0.1, -0.05) is 6.92 Å². The normalized spacial score (nSPS) is 29.4. The van der Waals surface area contributed by atoms with Crippen molar-refractivity contribution in [2.24, 2.45) is 5.92 Å². The van der Waals surface area contributed by atoms with Crippen LogP contribution >= 0.6 is 0 Å². The van der Waals surface area contributed by atoms with Crippen molar-refractivity contribution in [2.75, 3.05) is 52.4 Å². The molecule has 3 heteroatoms. The lowest BCUT2D eigenvalue weighted by atomic mass is 9.96. The minimum absolute atomic E-state index is 0.943. The van der Waals surface area contributed by atoms with Crippen LogP contribution < -0.4 is 5.32 Å². The molecule has 2 heterocycles. The Bertz CT molecular complexity index is 182. The van der Waals surface area contributed by atoms with E-state index in [0.29, 0.717) is 0 Å². The highest BCUT2D eigenvalue weighted by atomic mass is 15.3. The maximum atomic E-state index is 3.51. The van der Waals surface area contributed by atoms with Gasteiger partial charge in [0, 0.05) is 26.2 Å². The van der Waals surface area contributed by atoms with Crippen LogP contribution in [0.15, 0.2) is 0 Å². The Morgan fingerprint density at radius 1 is 1.12 bits per heavy atom. The van der Waals surface area contributed by atoms with E-state index >= 15 is 0 Å². The van der Waals surface area contributed by atoms with Gasteiger partial charge < -0.3 is 15.1 Å². The first kappa shape index (κ1) is 12.3. The zero-order chi connectivity index (χ0) is 11.2. The summed E-state index contributed by atoms with van der Waals surface area (Å²) in [6, 6.07) is 0. The Hall–Kier alpha value is -0.120. The lowest BCUT2D eigenvalue weighted by Gasteiger charge is -2.35. The molecule has 0 radical (unpaired) electrons. The van der Waals surface area contributed by atoms with Gasteiger partial charge in [-0.2, -0.15) is 0 Å². The number of rotatable bonds is 4. The van der Waals surface area contributed by atoms with Crippen molar-refractivity contribution in [3.63, 3.8) is 0 Å². The van der Waals surface area contributed by atoms with Gasteiger partial charge >= 0.3 is 0 Å². The Morgan fingerprint density at radius 3 is 2.50 bits per heavy atom. The van der Waals surface area contributed by atoms with E-state index in [0.717, 1.165) is 5.92 Å². The molecule has 0 aliphatic carbocycles. The maximum absolute atomic E-state index is 3.51. The second kappa shape index (κ2) is 6.58. The van der Waals surface area contributed by atoms with Crippen molar-refractivity contribution < 1.29 is 0 Å². The summed E-state index contributed by atoms with van der Waals surface area (Å²) in [5.74, 6) is 0.943. The lowest BCUT2D eigenvalue weighted by molar-refractivity contribution is 0.129. The fourth-order valence-corrected chi connectivity index (χ4v) is 2.86. The Morgan fingerprint density at radius 2 is 1.88 bits per heavy atom. The average molecular weight is 225 g/mol. The van der Waals surface area contributed by atoms with Gasteiger partial charge in [-0.15, -0.1) is 0 Å². The first-order valence-electron chi connectivity index (χ1n) is 7.04. The molecule has 0 aromatic heterocycles. The van der Waals surface area contributed by atoms with E-state index < -0.39 is 0 Å². The minimum Gasteiger partial charge on any atom is -0.316 e. The Kier molecular flexibility index (Phi) is 5.07. The van der Waals surface area contributed by atoms with Gasteiger partial charge in [0.15, 0.2) is 0 Å². The molecule has 0 bridgehead atoms. The van der Waals surface area contributed by atoms with Crippen molar-refractivity contribution in [1.29, 1.82) is 0 Å². The average Bonchev–Trinajstić information content (AvgIpc) is 2.38. The first-order valence-corrected chi connectivity index (χ1v) is 7.04. The van der Waals surface area contributed by atoms with Crippen LogP contribution in [0.1, 0.15) is 26.2 Å². The molecule has 3 nitrogen and oxygen atoms in total. The summed E-state index contributed by atoms with van der Waals surface area (Å²) in [6.45, 7) is 12.4. The van der Waals surface area contributed by atoms with Crippen molar-refractivity contribution in [2.45, 2.75) is 26.2 Å². The maximum Gasteiger partial charge on any atom is 0.0110 e. The zero-order valence-corrected chi connectivity index (χ0v) is 10.7. The van der Waals surface area contributed by atoms with Crippen LogP contribution in [0.4, 0.5) is 0 Å². The van der Waals surface area contributed by atoms with E-state index in [1.54, 1.807) is 0 Å². The fourth-order valence-electron chi connectivity index (χ4n) is 2.86. The van der Waals surface area contributed by atoms with Crippen LogP contribution in [0.25, 0.3) is 0 Å². The highest BCUT2D eigenvalue weighted by Crippen LogP contribution is 2.15. The van der Waals surface area contributed by atoms with Gasteiger partial charge in [0.2, 0.25) is 0 Å². The topological polar surface area (TPSA) is 18.5 Å². The molecule has 0 unspecified atom stereocenters. The molecule has 2 aliphatic rings. The molecule has 0 aromatic carbocycles. The molecule has 94 valence electrons. The molecule has 2 rings (SSSR count). The van der Waals surface area contributed by atoms with Crippen molar-refractivity contribution >= 4 is 0 Å². The summed E-state index contributed by atoms with van der Waals surface area (Å²) < 4.78 is 0. The predicted octanol–water partition coefficient (Wildman–Crippen LogP) is 1.01. The second-order valence-corrected chi connectivity index (χ2v) is 5.28. The largest absolute Gasteiger partial charge is 0.316 e. The summed E-state index contributed by atoms with van der Waals surface area (Å²) in [5.41, 5.74) is 0. The van der Waals surface area contributed by atoms with Crippen LogP contribution in [-0.4, -0.2) is 62.2 Å². The third-order valence-corrected chi connectivity index (χ3v) is 4.16. The number of piperidine rings is 1. The number of nitrogens with zero attached hydrogens (tertiary/aromatic N) is 2. The van der Waals surface area contributed by atoms with Crippen molar-refractivity contribution in [3.8, 4) is 0 Å². The standard InChI is InChI=1S/C13H27N3/c1-2-15-8-10-16(11-9-15)7-5-13-4-3-6-14-12-13/h13-14H,2-12H2,1H3/t13-/m0/s1. The van der Waals surface area contributed by atoms with E-state index in [1.165, 1.54) is 71.6 Å². The minimum atomic E-state index is 0.943. The monoisotopic (exact) mass is 225 g/mol. The smallest absolute Gasteiger partial charge is 0.0110 e. The quantitative estimate of drug-likeness (QED) is 0.770. The third kappa shape index (κ3) is 3.72. The summed E-state index contributed by atoms with van der Waals surface area (Å²) in [5, 5.41) is 3.51. The van der Waals surface area contributed by atoms with Gasteiger partial charge in [-0.25, -0.2) is 0 Å². The highest BCUT2D eigenvalue weighted by molar-refractivity contribution is 4.74. The third-order valence-electron chi connectivity index (χ3n) is 4.16. The fraction of sp³-hybridized carbons (Fsp3) is 1.00. The first-order chi connectivity index (χ1) is 7.88. The van der Waals surface area contributed by atoms with Gasteiger partial charge in [-0.05, 0) is 51.4 Å². The van der Waals surface area contributed by atoms with Crippen LogP contribution in [-0.2, 0) is 0 Å². The summed E-state index contributed by atoms with van der Waals surface area (Å²) >= 11 is 0. The van der Waals surface area contributed by atoms with Gasteiger partial charge in [-0.3, -0.25) is 0 Å². The van der Waals surface area contributed by atoms with Crippen LogP contribution in [0.3, 0.4) is 0 Å². The van der Waals surface area contributed by atoms with Crippen LogP contribution in [0, 0.1) is 5.92 Å². The lowest BCUT2D eigenvalue weighted by Crippen LogP contribution is -2.46. The molecule has 2 fully saturated rings.